The van der Waals surface area contributed by atoms with E-state index in [1.165, 1.54) is 17.0 Å². The van der Waals surface area contributed by atoms with Crippen molar-refractivity contribution < 1.29 is 33.0 Å². The molecule has 1 aliphatic heterocycles. The zero-order valence-corrected chi connectivity index (χ0v) is 18.9. The number of nitrogens with one attached hydrogen (secondary N) is 2. The van der Waals surface area contributed by atoms with Crippen molar-refractivity contribution in [3.8, 4) is 0 Å². The highest BCUT2D eigenvalue weighted by molar-refractivity contribution is 7.89. The van der Waals surface area contributed by atoms with Gasteiger partial charge >= 0.3 is 0 Å². The molecule has 0 unspecified atom stereocenters. The summed E-state index contributed by atoms with van der Waals surface area (Å²) in [6, 6.07) is 1.41. The molecule has 0 aliphatic carbocycles. The van der Waals surface area contributed by atoms with Crippen molar-refractivity contribution >= 4 is 38.6 Å². The lowest BCUT2D eigenvalue weighted by molar-refractivity contribution is -0.0434. The van der Waals surface area contributed by atoms with E-state index in [2.05, 4.69) is 30.1 Å². The average Bonchev–Trinajstić information content (AvgIpc) is 3.46. The number of aromatic nitrogens is 5. The summed E-state index contributed by atoms with van der Waals surface area (Å²) in [5.41, 5.74) is 0.701. The molecule has 1 saturated heterocycles. The molecule has 16 heteroatoms. The van der Waals surface area contributed by atoms with Gasteiger partial charge in [0.2, 0.25) is 15.3 Å². The molecule has 14 nitrogen and oxygen atoms in total. The number of anilines is 1. The first-order valence-corrected chi connectivity index (χ1v) is 12.0. The van der Waals surface area contributed by atoms with Gasteiger partial charge in [0, 0.05) is 19.2 Å². The molecule has 1 fully saturated rings. The maximum Gasteiger partial charge on any atom is 0.226 e. The zero-order valence-electron chi connectivity index (χ0n) is 17.3. The Balaban J connectivity index is 1.58. The molecule has 0 bridgehead atoms. The summed E-state index contributed by atoms with van der Waals surface area (Å²) < 4.78 is 38.4. The predicted octanol–water partition coefficient (Wildman–Crippen LogP) is -0.697. The van der Waals surface area contributed by atoms with Gasteiger partial charge in [-0.25, -0.2) is 18.1 Å². The topological polar surface area (TPSA) is 198 Å². The van der Waals surface area contributed by atoms with Crippen LogP contribution in [0.2, 0.25) is 5.28 Å². The van der Waals surface area contributed by atoms with Crippen LogP contribution in [0.15, 0.2) is 16.9 Å². The van der Waals surface area contributed by atoms with Crippen LogP contribution in [-0.4, -0.2) is 79.5 Å². The van der Waals surface area contributed by atoms with Gasteiger partial charge in [-0.3, -0.25) is 4.57 Å². The molecular formula is C17H22ClN7O7S. The molecular weight excluding hydrogens is 482 g/mol. The molecule has 4 atom stereocenters. The molecule has 0 amide bonds. The van der Waals surface area contributed by atoms with Crippen LogP contribution >= 0.6 is 11.6 Å². The minimum absolute atomic E-state index is 0.0344. The van der Waals surface area contributed by atoms with Crippen molar-refractivity contribution in [2.24, 2.45) is 0 Å². The summed E-state index contributed by atoms with van der Waals surface area (Å²) in [6.07, 6.45) is -3.57. The first kappa shape index (κ1) is 23.7. The molecule has 0 spiro atoms. The molecule has 4 heterocycles. The van der Waals surface area contributed by atoms with Crippen molar-refractivity contribution in [2.75, 3.05) is 24.2 Å². The van der Waals surface area contributed by atoms with E-state index in [1.807, 2.05) is 0 Å². The Morgan fingerprint density at radius 3 is 2.76 bits per heavy atom. The number of nitrogens with zero attached hydrogens (tertiary/aromatic N) is 5. The van der Waals surface area contributed by atoms with Crippen molar-refractivity contribution in [2.45, 2.75) is 38.1 Å². The number of hydrogen-bond acceptors (Lipinski definition) is 12. The van der Waals surface area contributed by atoms with Crippen LogP contribution in [0.25, 0.3) is 11.2 Å². The largest absolute Gasteiger partial charge is 0.390 e. The zero-order chi connectivity index (χ0) is 23.8. The molecule has 1 aliphatic rings. The highest BCUT2D eigenvalue weighted by atomic mass is 35.5. The van der Waals surface area contributed by atoms with Crippen LogP contribution in [0.1, 0.15) is 30.7 Å². The van der Waals surface area contributed by atoms with Crippen molar-refractivity contribution in [1.29, 1.82) is 0 Å². The molecule has 180 valence electrons. The number of rotatable bonds is 9. The average molecular weight is 504 g/mol. The third-order valence-electron chi connectivity index (χ3n) is 4.95. The SMILES string of the molecule is CCNS(=O)(=O)CCNc1nc(Cl)nc2c1ncn2[C@@H]1O[C@H](c2cc(CO)no2)[C@@H](O)[C@H]1O. The fourth-order valence-electron chi connectivity index (χ4n) is 3.46. The highest BCUT2D eigenvalue weighted by Crippen LogP contribution is 2.40. The summed E-state index contributed by atoms with van der Waals surface area (Å²) in [6.45, 7) is 1.64. The summed E-state index contributed by atoms with van der Waals surface area (Å²) in [5, 5.41) is 36.6. The number of imidazole rings is 1. The normalized spacial score (nSPS) is 23.4. The quantitative estimate of drug-likeness (QED) is 0.230. The first-order valence-electron chi connectivity index (χ1n) is 9.93. The van der Waals surface area contributed by atoms with Gasteiger partial charge in [0.25, 0.3) is 0 Å². The van der Waals surface area contributed by atoms with E-state index in [1.54, 1.807) is 6.92 Å². The van der Waals surface area contributed by atoms with Crippen molar-refractivity contribution in [3.05, 3.63) is 29.1 Å². The van der Waals surface area contributed by atoms with E-state index in [0.29, 0.717) is 0 Å². The fraction of sp³-hybridized carbons (Fsp3) is 0.529. The van der Waals surface area contributed by atoms with Gasteiger partial charge in [-0.1, -0.05) is 12.1 Å². The maximum absolute atomic E-state index is 11.8. The van der Waals surface area contributed by atoms with E-state index in [-0.39, 0.29) is 59.2 Å². The van der Waals surface area contributed by atoms with Gasteiger partial charge in [-0.15, -0.1) is 0 Å². The summed E-state index contributed by atoms with van der Waals surface area (Å²) >= 11 is 6.05. The molecule has 0 radical (unpaired) electrons. The van der Waals surface area contributed by atoms with E-state index in [9.17, 15) is 18.6 Å². The number of ether oxygens (including phenoxy) is 1. The van der Waals surface area contributed by atoms with Gasteiger partial charge in [-0.2, -0.15) is 9.97 Å². The fourth-order valence-corrected chi connectivity index (χ4v) is 4.58. The van der Waals surface area contributed by atoms with Gasteiger partial charge < -0.3 is 29.9 Å². The lowest BCUT2D eigenvalue weighted by Gasteiger charge is -2.16. The molecule has 0 aromatic carbocycles. The lowest BCUT2D eigenvalue weighted by atomic mass is 10.1. The second-order valence-corrected chi connectivity index (χ2v) is 9.48. The number of hydrogen-bond donors (Lipinski definition) is 5. The second kappa shape index (κ2) is 9.46. The lowest BCUT2D eigenvalue weighted by Crippen LogP contribution is -2.29. The van der Waals surface area contributed by atoms with Crippen LogP contribution in [0.5, 0.6) is 0 Å². The molecule has 0 saturated carbocycles. The van der Waals surface area contributed by atoms with Crippen molar-refractivity contribution in [3.63, 3.8) is 0 Å². The maximum atomic E-state index is 11.8. The Morgan fingerprint density at radius 1 is 1.27 bits per heavy atom. The number of aliphatic hydroxyl groups excluding tert-OH is 3. The number of halogens is 1. The minimum atomic E-state index is -3.44. The van der Waals surface area contributed by atoms with Crippen LogP contribution in [0.3, 0.4) is 0 Å². The van der Waals surface area contributed by atoms with Crippen LogP contribution in [-0.2, 0) is 21.4 Å². The highest BCUT2D eigenvalue weighted by Gasteiger charge is 2.47. The van der Waals surface area contributed by atoms with E-state index < -0.39 is 34.6 Å². The molecule has 33 heavy (non-hydrogen) atoms. The Bertz CT molecular complexity index is 1230. The number of fused-ring (bicyclic) bond motifs is 1. The Hall–Kier alpha value is -2.40. The third kappa shape index (κ3) is 4.79. The van der Waals surface area contributed by atoms with Crippen molar-refractivity contribution in [1.82, 2.24) is 29.4 Å². The molecule has 3 aromatic rings. The number of aliphatic hydroxyl groups is 3. The van der Waals surface area contributed by atoms with Gasteiger partial charge in [0.15, 0.2) is 29.0 Å². The van der Waals surface area contributed by atoms with E-state index in [0.717, 1.165) is 0 Å². The Labute approximate surface area is 192 Å². The van der Waals surface area contributed by atoms with Crippen LogP contribution in [0, 0.1) is 0 Å². The summed E-state index contributed by atoms with van der Waals surface area (Å²) in [7, 11) is -3.44. The number of sulfonamides is 1. The molecule has 3 aromatic heterocycles. The summed E-state index contributed by atoms with van der Waals surface area (Å²) in [5.74, 6) is 0.132. The Kier molecular flexibility index (Phi) is 6.81. The summed E-state index contributed by atoms with van der Waals surface area (Å²) in [4.78, 5) is 12.5. The van der Waals surface area contributed by atoms with Gasteiger partial charge in [0.1, 0.15) is 24.0 Å². The molecule has 4 rings (SSSR count). The monoisotopic (exact) mass is 503 g/mol. The van der Waals surface area contributed by atoms with Gasteiger partial charge in [0.05, 0.1) is 18.7 Å². The minimum Gasteiger partial charge on any atom is -0.390 e. The van der Waals surface area contributed by atoms with Crippen LogP contribution < -0.4 is 10.0 Å². The van der Waals surface area contributed by atoms with E-state index >= 15 is 0 Å². The van der Waals surface area contributed by atoms with Gasteiger partial charge in [-0.05, 0) is 11.6 Å². The second-order valence-electron chi connectivity index (χ2n) is 7.22. The standard InChI is InChI=1S/C17H22ClN7O7S/c1-2-21-33(29,30)4-3-19-14-10-15(23-17(18)22-14)25(7-20-10)16-12(28)11(27)13(31-16)9-5-8(6-26)24-32-9/h5,7,11-13,16,21,26-28H,2-4,6H2,1H3,(H,19,22,23)/t11-,12+,13+,16+/m0/s1. The predicted molar refractivity (Wildman–Crippen MR) is 114 cm³/mol. The Morgan fingerprint density at radius 2 is 2.06 bits per heavy atom. The van der Waals surface area contributed by atoms with Crippen LogP contribution in [0.4, 0.5) is 5.82 Å². The molecule has 5 N–H and O–H groups in total. The first-order chi connectivity index (χ1) is 15.7. The van der Waals surface area contributed by atoms with E-state index in [4.69, 9.17) is 26.0 Å². The smallest absolute Gasteiger partial charge is 0.226 e. The third-order valence-corrected chi connectivity index (χ3v) is 6.59.